The molecule has 132 valence electrons. The number of nitrogens with zero attached hydrogens (tertiary/aromatic N) is 3. The summed E-state index contributed by atoms with van der Waals surface area (Å²) in [6.45, 7) is 1.17. The second kappa shape index (κ2) is 6.20. The van der Waals surface area contributed by atoms with Crippen LogP contribution in [-0.2, 0) is 10.2 Å². The Balaban J connectivity index is 1.62. The van der Waals surface area contributed by atoms with E-state index in [1.54, 1.807) is 4.90 Å². The van der Waals surface area contributed by atoms with Crippen molar-refractivity contribution < 1.29 is 13.6 Å². The number of rotatable bonds is 3. The molecule has 1 saturated heterocycles. The molecule has 4 rings (SSSR count). The van der Waals surface area contributed by atoms with E-state index >= 15 is 0 Å². The van der Waals surface area contributed by atoms with Gasteiger partial charge in [0.1, 0.15) is 23.8 Å². The second-order valence-electron chi connectivity index (χ2n) is 7.02. The minimum Gasteiger partial charge on any atom is -0.341 e. The molecule has 7 heteroatoms. The summed E-state index contributed by atoms with van der Waals surface area (Å²) in [6.07, 6.45) is 5.24. The summed E-state index contributed by atoms with van der Waals surface area (Å²) in [7, 11) is 0. The van der Waals surface area contributed by atoms with E-state index in [0.717, 1.165) is 31.2 Å². The molecule has 0 bridgehead atoms. The number of nitrogens with one attached hydrogen (secondary N) is 1. The molecule has 0 unspecified atom stereocenters. The van der Waals surface area contributed by atoms with Gasteiger partial charge >= 0.3 is 0 Å². The van der Waals surface area contributed by atoms with Gasteiger partial charge in [-0.05, 0) is 25.3 Å². The third kappa shape index (κ3) is 2.71. The molecular weight excluding hydrogens is 326 g/mol. The van der Waals surface area contributed by atoms with Crippen LogP contribution >= 0.6 is 0 Å². The van der Waals surface area contributed by atoms with Crippen LogP contribution in [0.15, 0.2) is 24.5 Å². The number of carbonyl (C=O) groups is 1. The highest BCUT2D eigenvalue weighted by atomic mass is 19.1. The molecular formula is C18H20F2N4O. The summed E-state index contributed by atoms with van der Waals surface area (Å²) < 4.78 is 27.8. The molecule has 2 aromatic rings. The maximum atomic E-state index is 14.5. The van der Waals surface area contributed by atoms with Crippen LogP contribution in [-0.4, -0.2) is 39.1 Å². The zero-order valence-corrected chi connectivity index (χ0v) is 13.8. The lowest BCUT2D eigenvalue weighted by atomic mass is 9.77. The minimum atomic E-state index is -0.867. The summed E-state index contributed by atoms with van der Waals surface area (Å²) in [5.41, 5.74) is -0.534. The average Bonchev–Trinajstić information content (AvgIpc) is 3.34. The van der Waals surface area contributed by atoms with E-state index in [9.17, 15) is 13.6 Å². The summed E-state index contributed by atoms with van der Waals surface area (Å²) in [6, 6.07) is 3.56. The Morgan fingerprint density at radius 3 is 2.76 bits per heavy atom. The van der Waals surface area contributed by atoms with Crippen molar-refractivity contribution in [2.75, 3.05) is 13.1 Å². The number of likely N-dealkylation sites (tertiary alicyclic amines) is 1. The highest BCUT2D eigenvalue weighted by Gasteiger charge is 2.47. The molecule has 1 aromatic carbocycles. The molecule has 1 aromatic heterocycles. The first-order chi connectivity index (χ1) is 12.1. The van der Waals surface area contributed by atoms with Crippen molar-refractivity contribution in [3.05, 3.63) is 47.5 Å². The van der Waals surface area contributed by atoms with Gasteiger partial charge < -0.3 is 4.90 Å². The molecule has 0 radical (unpaired) electrons. The molecule has 0 spiro atoms. The minimum absolute atomic E-state index is 0.0440. The smallest absolute Gasteiger partial charge is 0.233 e. The molecule has 1 amide bonds. The third-order valence-corrected chi connectivity index (χ3v) is 5.61. The van der Waals surface area contributed by atoms with Crippen molar-refractivity contribution >= 4 is 5.91 Å². The van der Waals surface area contributed by atoms with E-state index in [0.29, 0.717) is 31.5 Å². The standard InChI is InChI=1S/C18H20F2N4O/c19-13-3-4-14(15(20)9-13)18(6-1-2-7-18)17(25)24-8-5-12(10-24)16-21-11-22-23-16/h3-4,9,11-12H,1-2,5-8,10H2,(H,21,22,23)/t12-/m1/s1. The number of aromatic amines is 1. The van der Waals surface area contributed by atoms with Crippen molar-refractivity contribution in [2.45, 2.75) is 43.4 Å². The number of halogens is 2. The average molecular weight is 346 g/mol. The van der Waals surface area contributed by atoms with Gasteiger partial charge in [0, 0.05) is 30.6 Å². The van der Waals surface area contributed by atoms with Crippen LogP contribution in [0.25, 0.3) is 0 Å². The number of aromatic nitrogens is 3. The number of amides is 1. The van der Waals surface area contributed by atoms with Gasteiger partial charge in [0.25, 0.3) is 0 Å². The fraction of sp³-hybridized carbons (Fsp3) is 0.500. The Labute approximate surface area is 144 Å². The maximum Gasteiger partial charge on any atom is 0.233 e. The van der Waals surface area contributed by atoms with Gasteiger partial charge in [-0.3, -0.25) is 9.89 Å². The van der Waals surface area contributed by atoms with E-state index in [2.05, 4.69) is 15.2 Å². The lowest BCUT2D eigenvalue weighted by Gasteiger charge is -2.33. The molecule has 1 N–H and O–H groups in total. The Morgan fingerprint density at radius 2 is 2.08 bits per heavy atom. The molecule has 5 nitrogen and oxygen atoms in total. The van der Waals surface area contributed by atoms with Gasteiger partial charge in [0.15, 0.2) is 0 Å². The fourth-order valence-corrected chi connectivity index (χ4v) is 4.34. The lowest BCUT2D eigenvalue weighted by molar-refractivity contribution is -0.136. The molecule has 1 aliphatic heterocycles. The van der Waals surface area contributed by atoms with Gasteiger partial charge in [-0.25, -0.2) is 13.8 Å². The number of hydrogen-bond donors (Lipinski definition) is 1. The predicted molar refractivity (Wildman–Crippen MR) is 86.8 cm³/mol. The number of H-pyrrole nitrogens is 1. The van der Waals surface area contributed by atoms with Gasteiger partial charge in [-0.2, -0.15) is 5.10 Å². The van der Waals surface area contributed by atoms with Gasteiger partial charge in [-0.15, -0.1) is 0 Å². The van der Waals surface area contributed by atoms with Crippen LogP contribution in [0.1, 0.15) is 49.4 Å². The summed E-state index contributed by atoms with van der Waals surface area (Å²) in [5.74, 6) is -0.376. The molecule has 1 saturated carbocycles. The molecule has 1 atom stereocenters. The monoisotopic (exact) mass is 346 g/mol. The first-order valence-corrected chi connectivity index (χ1v) is 8.70. The van der Waals surface area contributed by atoms with E-state index in [1.165, 1.54) is 18.5 Å². The van der Waals surface area contributed by atoms with E-state index in [1.807, 2.05) is 0 Å². The maximum absolute atomic E-state index is 14.5. The molecule has 25 heavy (non-hydrogen) atoms. The largest absolute Gasteiger partial charge is 0.341 e. The molecule has 2 aliphatic rings. The van der Waals surface area contributed by atoms with Crippen molar-refractivity contribution in [3.8, 4) is 0 Å². The first-order valence-electron chi connectivity index (χ1n) is 8.70. The number of benzene rings is 1. The first kappa shape index (κ1) is 16.2. The highest BCUT2D eigenvalue weighted by Crippen LogP contribution is 2.44. The Kier molecular flexibility index (Phi) is 4.01. The van der Waals surface area contributed by atoms with E-state index in [4.69, 9.17) is 0 Å². The topological polar surface area (TPSA) is 61.9 Å². The summed E-state index contributed by atoms with van der Waals surface area (Å²) >= 11 is 0. The van der Waals surface area contributed by atoms with Crippen LogP contribution in [0.2, 0.25) is 0 Å². The van der Waals surface area contributed by atoms with Crippen LogP contribution in [0.3, 0.4) is 0 Å². The molecule has 2 heterocycles. The molecule has 2 fully saturated rings. The lowest BCUT2D eigenvalue weighted by Crippen LogP contribution is -2.45. The van der Waals surface area contributed by atoms with Gasteiger partial charge in [-0.1, -0.05) is 18.9 Å². The van der Waals surface area contributed by atoms with Gasteiger partial charge in [0.05, 0.1) is 5.41 Å². The number of hydrogen-bond acceptors (Lipinski definition) is 3. The zero-order chi connectivity index (χ0) is 17.4. The fourth-order valence-electron chi connectivity index (χ4n) is 4.34. The Morgan fingerprint density at radius 1 is 1.28 bits per heavy atom. The van der Waals surface area contributed by atoms with Crippen LogP contribution in [0.5, 0.6) is 0 Å². The highest BCUT2D eigenvalue weighted by molar-refractivity contribution is 5.89. The summed E-state index contributed by atoms with van der Waals surface area (Å²) in [4.78, 5) is 19.3. The van der Waals surface area contributed by atoms with E-state index in [-0.39, 0.29) is 11.8 Å². The predicted octanol–water partition coefficient (Wildman–Crippen LogP) is 2.91. The van der Waals surface area contributed by atoms with Crippen LogP contribution in [0.4, 0.5) is 8.78 Å². The van der Waals surface area contributed by atoms with Gasteiger partial charge in [0.2, 0.25) is 5.91 Å². The Bertz CT molecular complexity index is 771. The van der Waals surface area contributed by atoms with Crippen molar-refractivity contribution in [1.29, 1.82) is 0 Å². The van der Waals surface area contributed by atoms with Crippen LogP contribution in [0, 0.1) is 11.6 Å². The normalized spacial score (nSPS) is 22.5. The molecule has 1 aliphatic carbocycles. The second-order valence-corrected chi connectivity index (χ2v) is 7.02. The van der Waals surface area contributed by atoms with Crippen molar-refractivity contribution in [2.24, 2.45) is 0 Å². The summed E-state index contributed by atoms with van der Waals surface area (Å²) in [5, 5.41) is 6.73. The SMILES string of the molecule is O=C(N1CC[C@@H](c2ncn[nH]2)C1)C1(c2ccc(F)cc2F)CCCC1. The van der Waals surface area contributed by atoms with Crippen molar-refractivity contribution in [3.63, 3.8) is 0 Å². The quantitative estimate of drug-likeness (QED) is 0.929. The van der Waals surface area contributed by atoms with E-state index < -0.39 is 17.0 Å². The third-order valence-electron chi connectivity index (χ3n) is 5.61. The van der Waals surface area contributed by atoms with Crippen molar-refractivity contribution in [1.82, 2.24) is 20.1 Å². The Hall–Kier alpha value is -2.31. The zero-order valence-electron chi connectivity index (χ0n) is 13.8. The number of carbonyl (C=O) groups excluding carboxylic acids is 1. The van der Waals surface area contributed by atoms with Crippen LogP contribution < -0.4 is 0 Å².